The molecule has 0 radical (unpaired) electrons. The molecule has 0 bridgehead atoms. The number of pyridine rings is 1. The number of benzene rings is 1. The summed E-state index contributed by atoms with van der Waals surface area (Å²) in [6.45, 7) is 3.27. The highest BCUT2D eigenvalue weighted by Crippen LogP contribution is 2.07. The first-order chi connectivity index (χ1) is 10.3. The zero-order valence-electron chi connectivity index (χ0n) is 12.6. The Labute approximate surface area is 126 Å². The summed E-state index contributed by atoms with van der Waals surface area (Å²) in [6, 6.07) is 14.5. The molecule has 1 amide bonds. The molecule has 0 aliphatic rings. The Morgan fingerprint density at radius 1 is 1.05 bits per heavy atom. The lowest BCUT2D eigenvalue weighted by molar-refractivity contribution is -0.684. The molecular weight excluding hydrogens is 260 g/mol. The third kappa shape index (κ3) is 5.38. The van der Waals surface area contributed by atoms with E-state index in [9.17, 15) is 4.79 Å². The van der Waals surface area contributed by atoms with Crippen molar-refractivity contribution >= 4 is 5.91 Å². The molecule has 0 fully saturated rings. The molecule has 1 N–H and O–H groups in total. The van der Waals surface area contributed by atoms with Gasteiger partial charge in [0, 0.05) is 18.7 Å². The van der Waals surface area contributed by atoms with Gasteiger partial charge in [-0.2, -0.15) is 4.57 Å². The van der Waals surface area contributed by atoms with Gasteiger partial charge in [-0.3, -0.25) is 4.79 Å². The zero-order chi connectivity index (χ0) is 14.9. The van der Waals surface area contributed by atoms with E-state index in [-0.39, 0.29) is 5.91 Å². The highest BCUT2D eigenvalue weighted by atomic mass is 16.1. The Morgan fingerprint density at radius 2 is 1.71 bits per heavy atom. The van der Waals surface area contributed by atoms with Crippen molar-refractivity contribution in [2.24, 2.45) is 0 Å². The minimum Gasteiger partial charge on any atom is -0.351 e. The largest absolute Gasteiger partial charge is 0.351 e. The van der Waals surface area contributed by atoms with E-state index >= 15 is 0 Å². The van der Waals surface area contributed by atoms with E-state index in [4.69, 9.17) is 0 Å². The smallest absolute Gasteiger partial charge is 0.285 e. The number of carbonyl (C=O) groups is 1. The number of carbonyl (C=O) groups excluding carboxylic acids is 1. The van der Waals surface area contributed by atoms with Crippen molar-refractivity contribution in [2.45, 2.75) is 32.7 Å². The minimum absolute atomic E-state index is 0.0734. The molecule has 2 aromatic rings. The third-order valence-electron chi connectivity index (χ3n) is 3.39. The van der Waals surface area contributed by atoms with Gasteiger partial charge in [0.1, 0.15) is 0 Å². The fourth-order valence-electron chi connectivity index (χ4n) is 2.17. The van der Waals surface area contributed by atoms with Gasteiger partial charge in [0.2, 0.25) is 6.54 Å². The van der Waals surface area contributed by atoms with E-state index in [1.54, 1.807) is 0 Å². The lowest BCUT2D eigenvalue weighted by atomic mass is 10.1. The Kier molecular flexibility index (Phi) is 5.95. The second kappa shape index (κ2) is 8.20. The lowest BCUT2D eigenvalue weighted by Crippen LogP contribution is -2.42. The quantitative estimate of drug-likeness (QED) is 0.614. The SMILES string of the molecule is CCCCNC(=O)C[n+]1ccc(Cc2ccccc2)cc1. The van der Waals surface area contributed by atoms with Crippen LogP contribution in [0.25, 0.3) is 0 Å². The molecule has 110 valence electrons. The maximum atomic E-state index is 11.7. The number of aromatic nitrogens is 1. The topological polar surface area (TPSA) is 33.0 Å². The number of hydrogen-bond donors (Lipinski definition) is 1. The fraction of sp³-hybridized carbons (Fsp3) is 0.333. The number of nitrogens with one attached hydrogen (secondary N) is 1. The second-order valence-electron chi connectivity index (χ2n) is 5.24. The molecule has 0 spiro atoms. The summed E-state index contributed by atoms with van der Waals surface area (Å²) in [7, 11) is 0. The minimum atomic E-state index is 0.0734. The average molecular weight is 283 g/mol. The van der Waals surface area contributed by atoms with Crippen LogP contribution in [0.4, 0.5) is 0 Å². The first kappa shape index (κ1) is 15.2. The van der Waals surface area contributed by atoms with E-state index in [0.29, 0.717) is 6.54 Å². The van der Waals surface area contributed by atoms with Crippen LogP contribution in [0.5, 0.6) is 0 Å². The highest BCUT2D eigenvalue weighted by molar-refractivity contribution is 5.74. The molecule has 21 heavy (non-hydrogen) atoms. The van der Waals surface area contributed by atoms with Crippen LogP contribution in [0, 0.1) is 0 Å². The van der Waals surface area contributed by atoms with Crippen LogP contribution in [-0.2, 0) is 17.8 Å². The molecule has 1 aromatic heterocycles. The number of hydrogen-bond acceptors (Lipinski definition) is 1. The fourth-order valence-corrected chi connectivity index (χ4v) is 2.17. The zero-order valence-corrected chi connectivity index (χ0v) is 12.6. The maximum Gasteiger partial charge on any atom is 0.285 e. The summed E-state index contributed by atoms with van der Waals surface area (Å²) < 4.78 is 1.91. The molecule has 0 unspecified atom stereocenters. The molecule has 1 aromatic carbocycles. The van der Waals surface area contributed by atoms with Gasteiger partial charge < -0.3 is 5.32 Å². The van der Waals surface area contributed by atoms with Gasteiger partial charge >= 0.3 is 0 Å². The molecule has 0 saturated carbocycles. The highest BCUT2D eigenvalue weighted by Gasteiger charge is 2.08. The number of rotatable bonds is 7. The van der Waals surface area contributed by atoms with E-state index in [2.05, 4.69) is 48.6 Å². The molecule has 0 saturated heterocycles. The summed E-state index contributed by atoms with van der Waals surface area (Å²) in [5.74, 6) is 0.0734. The van der Waals surface area contributed by atoms with Crippen molar-refractivity contribution in [1.29, 1.82) is 0 Å². The summed E-state index contributed by atoms with van der Waals surface area (Å²) in [4.78, 5) is 11.7. The lowest BCUT2D eigenvalue weighted by Gasteiger charge is -2.03. The van der Waals surface area contributed by atoms with Crippen LogP contribution in [-0.4, -0.2) is 12.5 Å². The van der Waals surface area contributed by atoms with Crippen LogP contribution in [0.3, 0.4) is 0 Å². The van der Waals surface area contributed by atoms with Gasteiger partial charge in [-0.25, -0.2) is 0 Å². The van der Waals surface area contributed by atoms with E-state index in [1.165, 1.54) is 11.1 Å². The Balaban J connectivity index is 1.85. The third-order valence-corrected chi connectivity index (χ3v) is 3.39. The van der Waals surface area contributed by atoms with Crippen LogP contribution in [0.1, 0.15) is 30.9 Å². The summed E-state index contributed by atoms with van der Waals surface area (Å²) in [6.07, 6.45) is 6.99. The molecule has 0 aliphatic heterocycles. The Bertz CT molecular complexity index is 549. The van der Waals surface area contributed by atoms with Crippen LogP contribution in [0.15, 0.2) is 54.9 Å². The monoisotopic (exact) mass is 283 g/mol. The molecule has 3 nitrogen and oxygen atoms in total. The number of unbranched alkanes of at least 4 members (excludes halogenated alkanes) is 1. The molecule has 0 aliphatic carbocycles. The average Bonchev–Trinajstić information content (AvgIpc) is 2.51. The summed E-state index contributed by atoms with van der Waals surface area (Å²) in [5, 5.41) is 2.93. The van der Waals surface area contributed by atoms with Crippen molar-refractivity contribution in [3.63, 3.8) is 0 Å². The van der Waals surface area contributed by atoms with Crippen molar-refractivity contribution in [3.8, 4) is 0 Å². The predicted octanol–water partition coefficient (Wildman–Crippen LogP) is 2.48. The van der Waals surface area contributed by atoms with Crippen LogP contribution >= 0.6 is 0 Å². The molecule has 0 atom stereocenters. The molecule has 3 heteroatoms. The summed E-state index contributed by atoms with van der Waals surface area (Å²) >= 11 is 0. The van der Waals surface area contributed by atoms with Crippen molar-refractivity contribution in [1.82, 2.24) is 5.32 Å². The maximum absolute atomic E-state index is 11.7. The number of nitrogens with zero attached hydrogens (tertiary/aromatic N) is 1. The van der Waals surface area contributed by atoms with Crippen LogP contribution < -0.4 is 9.88 Å². The van der Waals surface area contributed by atoms with Gasteiger partial charge in [-0.15, -0.1) is 0 Å². The Hall–Kier alpha value is -2.16. The van der Waals surface area contributed by atoms with Gasteiger partial charge in [0.15, 0.2) is 12.4 Å². The van der Waals surface area contributed by atoms with Gasteiger partial charge in [-0.1, -0.05) is 43.7 Å². The van der Waals surface area contributed by atoms with E-state index < -0.39 is 0 Å². The standard InChI is InChI=1S/C18H22N2O/c1-2-3-11-19-18(21)15-20-12-9-17(10-13-20)14-16-7-5-4-6-8-16/h4-10,12-13H,2-3,11,14-15H2,1H3/p+1. The van der Waals surface area contributed by atoms with Crippen molar-refractivity contribution in [2.75, 3.05) is 6.54 Å². The normalized spacial score (nSPS) is 10.3. The molecular formula is C18H23N2O+. The molecule has 1 heterocycles. The van der Waals surface area contributed by atoms with Gasteiger partial charge in [0.05, 0.1) is 0 Å². The van der Waals surface area contributed by atoms with Gasteiger partial charge in [-0.05, 0) is 24.0 Å². The van der Waals surface area contributed by atoms with Crippen molar-refractivity contribution < 1.29 is 9.36 Å². The summed E-state index contributed by atoms with van der Waals surface area (Å²) in [5.41, 5.74) is 2.55. The molecule has 2 rings (SSSR count). The predicted molar refractivity (Wildman–Crippen MR) is 83.8 cm³/mol. The second-order valence-corrected chi connectivity index (χ2v) is 5.24. The Morgan fingerprint density at radius 3 is 2.38 bits per heavy atom. The van der Waals surface area contributed by atoms with E-state index in [1.807, 2.05) is 23.0 Å². The first-order valence-corrected chi connectivity index (χ1v) is 7.56. The number of amides is 1. The van der Waals surface area contributed by atoms with E-state index in [0.717, 1.165) is 25.8 Å². The first-order valence-electron chi connectivity index (χ1n) is 7.56. The van der Waals surface area contributed by atoms with Crippen molar-refractivity contribution in [3.05, 3.63) is 66.0 Å². The van der Waals surface area contributed by atoms with Crippen LogP contribution in [0.2, 0.25) is 0 Å². The van der Waals surface area contributed by atoms with Gasteiger partial charge in [0.25, 0.3) is 5.91 Å².